The minimum absolute atomic E-state index is 0.0725. The van der Waals surface area contributed by atoms with Crippen molar-refractivity contribution in [2.24, 2.45) is 0 Å². The van der Waals surface area contributed by atoms with E-state index in [1.807, 2.05) is 30.3 Å². The van der Waals surface area contributed by atoms with Crippen LogP contribution in [-0.4, -0.2) is 20.2 Å². The van der Waals surface area contributed by atoms with Crippen molar-refractivity contribution in [1.29, 1.82) is 0 Å². The number of furan rings is 1. The maximum atomic E-state index is 11.7. The number of carbonyl (C=O) groups excluding carboxylic acids is 1. The normalized spacial score (nSPS) is 11.2. The molecular weight excluding hydrogens is 280 g/mol. The molecule has 2 rings (SSSR count). The second-order valence-corrected chi connectivity index (χ2v) is 5.86. The molecule has 0 unspecified atom stereocenters. The fourth-order valence-corrected chi connectivity index (χ4v) is 2.31. The lowest BCUT2D eigenvalue weighted by Gasteiger charge is -2.07. The molecule has 6 nitrogen and oxygen atoms in total. The van der Waals surface area contributed by atoms with Gasteiger partial charge >= 0.3 is 0 Å². The molecule has 0 saturated heterocycles. The molecule has 106 valence electrons. The van der Waals surface area contributed by atoms with Crippen LogP contribution in [0, 0.1) is 0 Å². The van der Waals surface area contributed by atoms with Gasteiger partial charge in [0.1, 0.15) is 5.88 Å². The summed E-state index contributed by atoms with van der Waals surface area (Å²) in [5.74, 6) is -0.998. The van der Waals surface area contributed by atoms with Crippen LogP contribution in [0.1, 0.15) is 16.1 Å². The minimum Gasteiger partial charge on any atom is -0.459 e. The van der Waals surface area contributed by atoms with Gasteiger partial charge in [0.15, 0.2) is 5.76 Å². The van der Waals surface area contributed by atoms with Crippen molar-refractivity contribution in [3.63, 3.8) is 0 Å². The predicted octanol–water partition coefficient (Wildman–Crippen LogP) is 1.09. The summed E-state index contributed by atoms with van der Waals surface area (Å²) >= 11 is 0. The summed E-state index contributed by atoms with van der Waals surface area (Å²) in [5.41, 5.74) is 0.841. The van der Waals surface area contributed by atoms with Gasteiger partial charge in [-0.05, 0) is 17.7 Å². The van der Waals surface area contributed by atoms with Crippen molar-refractivity contribution in [3.05, 3.63) is 60.1 Å². The van der Waals surface area contributed by atoms with Crippen LogP contribution in [0.3, 0.4) is 0 Å². The van der Waals surface area contributed by atoms with Gasteiger partial charge in [-0.25, -0.2) is 13.1 Å². The zero-order valence-corrected chi connectivity index (χ0v) is 11.4. The Balaban J connectivity index is 1.84. The number of sulfonamides is 1. The first kappa shape index (κ1) is 14.3. The molecule has 0 bridgehead atoms. The van der Waals surface area contributed by atoms with Gasteiger partial charge in [-0.1, -0.05) is 30.3 Å². The van der Waals surface area contributed by atoms with Crippen molar-refractivity contribution < 1.29 is 17.6 Å². The lowest BCUT2D eigenvalue weighted by molar-refractivity contribution is 0.0932. The Kier molecular flexibility index (Phi) is 4.54. The van der Waals surface area contributed by atoms with E-state index in [-0.39, 0.29) is 12.3 Å². The third-order valence-electron chi connectivity index (χ3n) is 2.51. The van der Waals surface area contributed by atoms with Crippen molar-refractivity contribution in [2.45, 2.75) is 6.54 Å². The first-order valence-electron chi connectivity index (χ1n) is 5.90. The summed E-state index contributed by atoms with van der Waals surface area (Å²) in [4.78, 5) is 11.5. The van der Waals surface area contributed by atoms with Gasteiger partial charge in [-0.2, -0.15) is 0 Å². The lowest BCUT2D eigenvalue weighted by atomic mass is 10.2. The molecule has 0 spiro atoms. The van der Waals surface area contributed by atoms with E-state index < -0.39 is 21.8 Å². The highest BCUT2D eigenvalue weighted by Gasteiger charge is 2.14. The SMILES string of the molecule is O=C(NCS(=O)(=O)NCc1ccccc1)c1ccco1. The largest absolute Gasteiger partial charge is 0.459 e. The maximum Gasteiger partial charge on any atom is 0.287 e. The van der Waals surface area contributed by atoms with E-state index in [2.05, 4.69) is 10.0 Å². The van der Waals surface area contributed by atoms with Crippen LogP contribution >= 0.6 is 0 Å². The molecule has 0 saturated carbocycles. The molecule has 0 fully saturated rings. The summed E-state index contributed by atoms with van der Waals surface area (Å²) < 4.78 is 30.7. The van der Waals surface area contributed by atoms with Gasteiger partial charge < -0.3 is 9.73 Å². The van der Waals surface area contributed by atoms with E-state index in [0.29, 0.717) is 0 Å². The zero-order chi connectivity index (χ0) is 14.4. The van der Waals surface area contributed by atoms with E-state index in [9.17, 15) is 13.2 Å². The average molecular weight is 294 g/mol. The molecule has 2 N–H and O–H groups in total. The summed E-state index contributed by atoms with van der Waals surface area (Å²) in [6, 6.07) is 12.1. The van der Waals surface area contributed by atoms with E-state index in [4.69, 9.17) is 4.42 Å². The number of rotatable bonds is 6. The number of carbonyl (C=O) groups is 1. The number of amides is 1. The third-order valence-corrected chi connectivity index (χ3v) is 3.62. The van der Waals surface area contributed by atoms with Crippen molar-refractivity contribution in [2.75, 3.05) is 5.88 Å². The van der Waals surface area contributed by atoms with Gasteiger partial charge in [-0.3, -0.25) is 4.79 Å². The summed E-state index contributed by atoms with van der Waals surface area (Å²) in [6.45, 7) is 0.180. The number of benzene rings is 1. The molecule has 0 atom stereocenters. The molecule has 7 heteroatoms. The number of hydrogen-bond donors (Lipinski definition) is 2. The van der Waals surface area contributed by atoms with Gasteiger partial charge in [0.05, 0.1) is 6.26 Å². The molecular formula is C13H14N2O4S. The first-order chi connectivity index (χ1) is 9.57. The minimum atomic E-state index is -3.59. The first-order valence-corrected chi connectivity index (χ1v) is 7.55. The van der Waals surface area contributed by atoms with E-state index in [0.717, 1.165) is 5.56 Å². The van der Waals surface area contributed by atoms with Gasteiger partial charge in [0.25, 0.3) is 5.91 Å². The smallest absolute Gasteiger partial charge is 0.287 e. The quantitative estimate of drug-likeness (QED) is 0.834. The average Bonchev–Trinajstić information content (AvgIpc) is 2.98. The highest BCUT2D eigenvalue weighted by atomic mass is 32.2. The predicted molar refractivity (Wildman–Crippen MR) is 73.2 cm³/mol. The molecule has 2 aromatic rings. The fourth-order valence-electron chi connectivity index (χ4n) is 1.50. The second kappa shape index (κ2) is 6.36. The molecule has 1 aromatic heterocycles. The van der Waals surface area contributed by atoms with Crippen LogP contribution in [0.5, 0.6) is 0 Å². The maximum absolute atomic E-state index is 11.7. The molecule has 0 radical (unpaired) electrons. The summed E-state index contributed by atoms with van der Waals surface area (Å²) in [6.07, 6.45) is 1.34. The lowest BCUT2D eigenvalue weighted by Crippen LogP contribution is -2.36. The molecule has 1 heterocycles. The Hall–Kier alpha value is -2.12. The molecule has 0 aliphatic heterocycles. The topological polar surface area (TPSA) is 88.4 Å². The van der Waals surface area contributed by atoms with Crippen LogP contribution in [0.25, 0.3) is 0 Å². The second-order valence-electron chi connectivity index (χ2n) is 4.05. The molecule has 1 aromatic carbocycles. The van der Waals surface area contributed by atoms with Crippen LogP contribution < -0.4 is 10.0 Å². The highest BCUT2D eigenvalue weighted by Crippen LogP contribution is 2.00. The third kappa shape index (κ3) is 4.22. The Bertz CT molecular complexity index is 651. The monoisotopic (exact) mass is 294 g/mol. The van der Waals surface area contributed by atoms with Crippen molar-refractivity contribution in [1.82, 2.24) is 10.0 Å². The van der Waals surface area contributed by atoms with Crippen molar-refractivity contribution >= 4 is 15.9 Å². The van der Waals surface area contributed by atoms with Crippen LogP contribution in [0.15, 0.2) is 53.1 Å². The van der Waals surface area contributed by atoms with E-state index >= 15 is 0 Å². The number of hydrogen-bond acceptors (Lipinski definition) is 4. The van der Waals surface area contributed by atoms with Crippen LogP contribution in [0.4, 0.5) is 0 Å². The van der Waals surface area contributed by atoms with E-state index in [1.165, 1.54) is 12.3 Å². The Morgan fingerprint density at radius 2 is 1.85 bits per heavy atom. The van der Waals surface area contributed by atoms with Gasteiger partial charge in [-0.15, -0.1) is 0 Å². The fraction of sp³-hybridized carbons (Fsp3) is 0.154. The summed E-state index contributed by atoms with van der Waals surface area (Å²) in [5, 5.41) is 2.28. The standard InChI is InChI=1S/C13H14N2O4S/c16-13(12-7-4-8-19-12)14-10-20(17,18)15-9-11-5-2-1-3-6-11/h1-8,15H,9-10H2,(H,14,16). The van der Waals surface area contributed by atoms with Crippen molar-refractivity contribution in [3.8, 4) is 0 Å². The van der Waals surface area contributed by atoms with Crippen LogP contribution in [-0.2, 0) is 16.6 Å². The zero-order valence-electron chi connectivity index (χ0n) is 10.6. The molecule has 0 aliphatic rings. The molecule has 0 aliphatic carbocycles. The summed E-state index contributed by atoms with van der Waals surface area (Å²) in [7, 11) is -3.59. The Morgan fingerprint density at radius 3 is 2.50 bits per heavy atom. The van der Waals surface area contributed by atoms with E-state index in [1.54, 1.807) is 6.07 Å². The molecule has 20 heavy (non-hydrogen) atoms. The Morgan fingerprint density at radius 1 is 1.10 bits per heavy atom. The van der Waals surface area contributed by atoms with Gasteiger partial charge in [0, 0.05) is 6.54 Å². The highest BCUT2D eigenvalue weighted by molar-refractivity contribution is 7.89. The Labute approximate surface area is 116 Å². The number of nitrogens with one attached hydrogen (secondary N) is 2. The van der Waals surface area contributed by atoms with Gasteiger partial charge in [0.2, 0.25) is 10.0 Å². The molecule has 1 amide bonds. The van der Waals surface area contributed by atoms with Crippen LogP contribution in [0.2, 0.25) is 0 Å².